The van der Waals surface area contributed by atoms with Gasteiger partial charge in [-0.15, -0.1) is 0 Å². The van der Waals surface area contributed by atoms with Gasteiger partial charge in [-0.2, -0.15) is 0 Å². The highest BCUT2D eigenvalue weighted by molar-refractivity contribution is 7.80. The fraction of sp³-hybridized carbons (Fsp3) is 0.565. The number of rotatable bonds is 5. The Balaban J connectivity index is 1.38. The monoisotopic (exact) mass is 443 g/mol. The van der Waals surface area contributed by atoms with E-state index < -0.39 is 0 Å². The van der Waals surface area contributed by atoms with Gasteiger partial charge in [-0.1, -0.05) is 12.8 Å². The van der Waals surface area contributed by atoms with E-state index >= 15 is 0 Å². The molecule has 2 aliphatic heterocycles. The second-order valence-electron chi connectivity index (χ2n) is 8.59. The first kappa shape index (κ1) is 20.6. The average Bonchev–Trinajstić information content (AvgIpc) is 3.49. The van der Waals surface area contributed by atoms with Crippen LogP contribution in [-0.2, 0) is 11.3 Å². The van der Waals surface area contributed by atoms with E-state index in [4.69, 9.17) is 26.4 Å². The van der Waals surface area contributed by atoms with E-state index in [1.807, 2.05) is 18.2 Å². The molecule has 2 fully saturated rings. The van der Waals surface area contributed by atoms with Crippen molar-refractivity contribution in [3.8, 4) is 11.5 Å². The standard InChI is InChI=1S/C23H29N3O4S/c27-22-16(10-15-11-20-21(12-19(15)25-22)30-9-8-29-20)14-26(17-4-1-2-5-17)23(31)24-13-18-6-3-7-28-18/h10-12,17-18H,1-9,13-14H2,(H,24,31)(H,25,27)/t18-/m1/s1. The molecule has 3 heterocycles. The van der Waals surface area contributed by atoms with Gasteiger partial charge in [0.1, 0.15) is 13.2 Å². The van der Waals surface area contributed by atoms with Crippen LogP contribution in [0.2, 0.25) is 0 Å². The minimum atomic E-state index is -0.0888. The fourth-order valence-corrected chi connectivity index (χ4v) is 5.08. The van der Waals surface area contributed by atoms with Crippen LogP contribution in [0.4, 0.5) is 0 Å². The topological polar surface area (TPSA) is 75.8 Å². The molecule has 7 nitrogen and oxygen atoms in total. The fourth-order valence-electron chi connectivity index (χ4n) is 4.78. The van der Waals surface area contributed by atoms with Gasteiger partial charge in [-0.25, -0.2) is 0 Å². The van der Waals surface area contributed by atoms with Crippen molar-refractivity contribution in [1.82, 2.24) is 15.2 Å². The van der Waals surface area contributed by atoms with Crippen LogP contribution in [0, 0.1) is 0 Å². The first-order valence-electron chi connectivity index (χ1n) is 11.3. The summed E-state index contributed by atoms with van der Waals surface area (Å²) in [6.45, 7) is 3.10. The number of H-pyrrole nitrogens is 1. The predicted molar refractivity (Wildman–Crippen MR) is 123 cm³/mol. The van der Waals surface area contributed by atoms with Gasteiger partial charge < -0.3 is 29.4 Å². The zero-order valence-corrected chi connectivity index (χ0v) is 18.5. The predicted octanol–water partition coefficient (Wildman–Crippen LogP) is 3.10. The lowest BCUT2D eigenvalue weighted by molar-refractivity contribution is 0.113. The second-order valence-corrected chi connectivity index (χ2v) is 8.98. The summed E-state index contributed by atoms with van der Waals surface area (Å²) in [6.07, 6.45) is 7.01. The van der Waals surface area contributed by atoms with E-state index in [2.05, 4.69) is 15.2 Å². The van der Waals surface area contributed by atoms with Crippen molar-refractivity contribution in [3.05, 3.63) is 34.1 Å². The number of thiocarbonyl (C=S) groups is 1. The van der Waals surface area contributed by atoms with Crippen LogP contribution >= 0.6 is 12.2 Å². The van der Waals surface area contributed by atoms with Crippen molar-refractivity contribution in [2.75, 3.05) is 26.4 Å². The van der Waals surface area contributed by atoms with Gasteiger partial charge in [-0.3, -0.25) is 4.79 Å². The summed E-state index contributed by atoms with van der Waals surface area (Å²) >= 11 is 5.78. The van der Waals surface area contributed by atoms with Gasteiger partial charge in [0, 0.05) is 36.2 Å². The molecule has 0 bridgehead atoms. The molecular formula is C23H29N3O4S. The van der Waals surface area contributed by atoms with Crippen molar-refractivity contribution in [3.63, 3.8) is 0 Å². The van der Waals surface area contributed by atoms with Crippen LogP contribution in [0.3, 0.4) is 0 Å². The number of nitrogens with zero attached hydrogens (tertiary/aromatic N) is 1. The van der Waals surface area contributed by atoms with Crippen molar-refractivity contribution in [2.24, 2.45) is 0 Å². The minimum absolute atomic E-state index is 0.0888. The van der Waals surface area contributed by atoms with Crippen molar-refractivity contribution >= 4 is 28.2 Å². The molecule has 1 atom stereocenters. The maximum absolute atomic E-state index is 12.9. The van der Waals surface area contributed by atoms with E-state index in [1.54, 1.807) is 0 Å². The van der Waals surface area contributed by atoms with E-state index in [1.165, 1.54) is 12.8 Å². The molecule has 1 aromatic heterocycles. The van der Waals surface area contributed by atoms with Crippen LogP contribution in [0.15, 0.2) is 23.0 Å². The zero-order valence-electron chi connectivity index (χ0n) is 17.7. The summed E-state index contributed by atoms with van der Waals surface area (Å²) in [4.78, 5) is 18.1. The van der Waals surface area contributed by atoms with Crippen molar-refractivity contribution in [2.45, 2.75) is 57.2 Å². The van der Waals surface area contributed by atoms with Crippen LogP contribution in [-0.4, -0.2) is 53.5 Å². The van der Waals surface area contributed by atoms with E-state index in [0.717, 1.165) is 55.5 Å². The highest BCUT2D eigenvalue weighted by Crippen LogP contribution is 2.34. The molecule has 166 valence electrons. The Morgan fingerprint density at radius 2 is 1.84 bits per heavy atom. The molecule has 5 rings (SSSR count). The van der Waals surface area contributed by atoms with Crippen LogP contribution < -0.4 is 20.3 Å². The summed E-state index contributed by atoms with van der Waals surface area (Å²) in [5.41, 5.74) is 1.37. The van der Waals surface area contributed by atoms with Crippen LogP contribution in [0.25, 0.3) is 10.9 Å². The van der Waals surface area contributed by atoms with Crippen molar-refractivity contribution in [1.29, 1.82) is 0 Å². The first-order valence-corrected chi connectivity index (χ1v) is 11.7. The van der Waals surface area contributed by atoms with Gasteiger partial charge >= 0.3 is 0 Å². The summed E-state index contributed by atoms with van der Waals surface area (Å²) in [5.74, 6) is 1.40. The number of benzene rings is 1. The van der Waals surface area contributed by atoms with Crippen molar-refractivity contribution < 1.29 is 14.2 Å². The number of ether oxygens (including phenoxy) is 3. The van der Waals surface area contributed by atoms with E-state index in [0.29, 0.717) is 42.2 Å². The van der Waals surface area contributed by atoms with Gasteiger partial charge in [0.25, 0.3) is 5.56 Å². The maximum Gasteiger partial charge on any atom is 0.253 e. The molecule has 1 aromatic carbocycles. The Bertz CT molecular complexity index is 1010. The highest BCUT2D eigenvalue weighted by atomic mass is 32.1. The lowest BCUT2D eigenvalue weighted by Crippen LogP contribution is -2.47. The summed E-state index contributed by atoms with van der Waals surface area (Å²) < 4.78 is 17.1. The molecule has 3 aliphatic rings. The average molecular weight is 444 g/mol. The quantitative estimate of drug-likeness (QED) is 0.688. The highest BCUT2D eigenvalue weighted by Gasteiger charge is 2.26. The Morgan fingerprint density at radius 3 is 2.58 bits per heavy atom. The van der Waals surface area contributed by atoms with Gasteiger partial charge in [0.05, 0.1) is 18.2 Å². The molecule has 2 aromatic rings. The Hall–Kier alpha value is -2.32. The third-order valence-electron chi connectivity index (χ3n) is 6.46. The molecule has 1 saturated carbocycles. The number of nitrogens with one attached hydrogen (secondary N) is 2. The molecular weight excluding hydrogens is 414 g/mol. The summed E-state index contributed by atoms with van der Waals surface area (Å²) in [5, 5.41) is 5.05. The Labute approximate surface area is 187 Å². The molecule has 1 aliphatic carbocycles. The molecule has 0 amide bonds. The van der Waals surface area contributed by atoms with Gasteiger partial charge in [0.2, 0.25) is 0 Å². The first-order chi connectivity index (χ1) is 15.2. The molecule has 8 heteroatoms. The summed E-state index contributed by atoms with van der Waals surface area (Å²) in [7, 11) is 0. The Kier molecular flexibility index (Phi) is 6.00. The van der Waals surface area contributed by atoms with Gasteiger partial charge in [0.15, 0.2) is 16.6 Å². The third kappa shape index (κ3) is 4.50. The summed E-state index contributed by atoms with van der Waals surface area (Å²) in [6, 6.07) is 6.10. The van der Waals surface area contributed by atoms with Crippen LogP contribution in [0.5, 0.6) is 11.5 Å². The molecule has 31 heavy (non-hydrogen) atoms. The van der Waals surface area contributed by atoms with E-state index in [-0.39, 0.29) is 11.7 Å². The third-order valence-corrected chi connectivity index (χ3v) is 6.83. The number of hydrogen-bond acceptors (Lipinski definition) is 5. The molecule has 0 spiro atoms. The number of pyridine rings is 1. The number of hydrogen-bond donors (Lipinski definition) is 2. The second kappa shape index (κ2) is 9.04. The maximum atomic E-state index is 12.9. The zero-order chi connectivity index (χ0) is 21.2. The molecule has 1 saturated heterocycles. The van der Waals surface area contributed by atoms with Gasteiger partial charge in [-0.05, 0) is 50.0 Å². The molecule has 2 N–H and O–H groups in total. The number of aromatic amines is 1. The van der Waals surface area contributed by atoms with Crippen LogP contribution in [0.1, 0.15) is 44.1 Å². The number of aromatic nitrogens is 1. The molecule has 0 unspecified atom stereocenters. The molecule has 0 radical (unpaired) electrons. The lowest BCUT2D eigenvalue weighted by atomic mass is 10.1. The van der Waals surface area contributed by atoms with E-state index in [9.17, 15) is 4.79 Å². The number of fused-ring (bicyclic) bond motifs is 2. The largest absolute Gasteiger partial charge is 0.486 e. The Morgan fingerprint density at radius 1 is 1.06 bits per heavy atom. The smallest absolute Gasteiger partial charge is 0.253 e. The minimum Gasteiger partial charge on any atom is -0.486 e. The SMILES string of the molecule is O=c1[nH]c2cc3c(cc2cc1CN(C(=S)NC[C@H]1CCCO1)C1CCCC1)OCCO3. The normalized spacial score (nSPS) is 20.8. The lowest BCUT2D eigenvalue weighted by Gasteiger charge is -2.32.